The molecule has 0 spiro atoms. The molecule has 1 amide bonds. The van der Waals surface area contributed by atoms with Gasteiger partial charge in [-0.1, -0.05) is 30.3 Å². The number of guanidine groups is 1. The van der Waals surface area contributed by atoms with Gasteiger partial charge in [0.2, 0.25) is 5.91 Å². The molecular formula is C17H26N4O. The van der Waals surface area contributed by atoms with Crippen molar-refractivity contribution in [3.05, 3.63) is 35.9 Å². The molecular weight excluding hydrogens is 276 g/mol. The average molecular weight is 302 g/mol. The summed E-state index contributed by atoms with van der Waals surface area (Å²) < 4.78 is 0. The topological polar surface area (TPSA) is 39.2 Å². The zero-order valence-electron chi connectivity index (χ0n) is 14.0. The van der Waals surface area contributed by atoms with Crippen molar-refractivity contribution in [1.29, 1.82) is 0 Å². The number of nitrogens with zero attached hydrogens (tertiary/aromatic N) is 4. The van der Waals surface area contributed by atoms with Crippen LogP contribution in [-0.2, 0) is 11.3 Å². The van der Waals surface area contributed by atoms with Crippen molar-refractivity contribution >= 4 is 11.9 Å². The summed E-state index contributed by atoms with van der Waals surface area (Å²) in [5, 5.41) is 0. The maximum absolute atomic E-state index is 12.2. The summed E-state index contributed by atoms with van der Waals surface area (Å²) in [6.45, 7) is 2.20. The molecule has 0 bridgehead atoms. The fraction of sp³-hybridized carbons (Fsp3) is 0.529. The fourth-order valence-corrected chi connectivity index (χ4v) is 2.83. The number of aliphatic imine (C=N–C) groups is 1. The normalized spacial score (nSPS) is 17.5. The number of amides is 1. The van der Waals surface area contributed by atoms with Crippen LogP contribution in [-0.4, -0.2) is 67.8 Å². The van der Waals surface area contributed by atoms with Crippen LogP contribution in [0.25, 0.3) is 0 Å². The molecule has 1 heterocycles. The van der Waals surface area contributed by atoms with Crippen LogP contribution in [0.1, 0.15) is 12.0 Å². The van der Waals surface area contributed by atoms with Gasteiger partial charge in [0.15, 0.2) is 5.96 Å². The van der Waals surface area contributed by atoms with Gasteiger partial charge in [0.25, 0.3) is 0 Å². The van der Waals surface area contributed by atoms with Crippen LogP contribution in [0, 0.1) is 5.92 Å². The Bertz CT molecular complexity index is 515. The maximum Gasteiger partial charge on any atom is 0.223 e. The highest BCUT2D eigenvalue weighted by molar-refractivity contribution is 5.80. The first-order valence-electron chi connectivity index (χ1n) is 7.68. The lowest BCUT2D eigenvalue weighted by Gasteiger charge is -2.23. The van der Waals surface area contributed by atoms with Crippen molar-refractivity contribution in [2.75, 3.05) is 41.3 Å². The van der Waals surface area contributed by atoms with E-state index in [-0.39, 0.29) is 5.91 Å². The molecule has 0 N–H and O–H groups in total. The summed E-state index contributed by atoms with van der Waals surface area (Å²) >= 11 is 0. The number of benzene rings is 1. The van der Waals surface area contributed by atoms with Gasteiger partial charge >= 0.3 is 0 Å². The highest BCUT2D eigenvalue weighted by atomic mass is 16.2. The van der Waals surface area contributed by atoms with E-state index in [1.54, 1.807) is 0 Å². The molecule has 1 fully saturated rings. The quantitative estimate of drug-likeness (QED) is 0.625. The second kappa shape index (κ2) is 7.29. The van der Waals surface area contributed by atoms with E-state index in [4.69, 9.17) is 0 Å². The van der Waals surface area contributed by atoms with E-state index in [0.29, 0.717) is 25.4 Å². The summed E-state index contributed by atoms with van der Waals surface area (Å²) in [7, 11) is 7.95. The fourth-order valence-electron chi connectivity index (χ4n) is 2.83. The van der Waals surface area contributed by atoms with Crippen LogP contribution < -0.4 is 0 Å². The van der Waals surface area contributed by atoms with Gasteiger partial charge < -0.3 is 14.7 Å². The first-order valence-corrected chi connectivity index (χ1v) is 7.68. The Kier molecular flexibility index (Phi) is 5.41. The largest absolute Gasteiger partial charge is 0.349 e. The molecule has 1 aliphatic heterocycles. The van der Waals surface area contributed by atoms with Crippen LogP contribution in [0.3, 0.4) is 0 Å². The second-order valence-electron chi connectivity index (χ2n) is 6.26. The van der Waals surface area contributed by atoms with Crippen molar-refractivity contribution < 1.29 is 4.79 Å². The number of rotatable bonds is 4. The highest BCUT2D eigenvalue weighted by Crippen LogP contribution is 2.20. The predicted molar refractivity (Wildman–Crippen MR) is 89.6 cm³/mol. The molecule has 22 heavy (non-hydrogen) atoms. The van der Waals surface area contributed by atoms with Gasteiger partial charge in [-0.3, -0.25) is 9.79 Å². The molecule has 0 aliphatic carbocycles. The van der Waals surface area contributed by atoms with Gasteiger partial charge in [-0.05, 0) is 5.56 Å². The van der Waals surface area contributed by atoms with Gasteiger partial charge in [0.1, 0.15) is 0 Å². The summed E-state index contributed by atoms with van der Waals surface area (Å²) in [5.74, 6) is 1.49. The number of hydrogen-bond acceptors (Lipinski definition) is 2. The SMILES string of the molecule is CN(C)C(=NCC1CC(=O)N(Cc2ccccc2)C1)N(C)C. The Balaban J connectivity index is 1.93. The Morgan fingerprint density at radius 2 is 1.82 bits per heavy atom. The van der Waals surface area contributed by atoms with E-state index < -0.39 is 0 Å². The minimum absolute atomic E-state index is 0.236. The van der Waals surface area contributed by atoms with Crippen LogP contribution in [0.4, 0.5) is 0 Å². The van der Waals surface area contributed by atoms with Crippen molar-refractivity contribution in [2.24, 2.45) is 10.9 Å². The van der Waals surface area contributed by atoms with Crippen LogP contribution in [0.2, 0.25) is 0 Å². The second-order valence-corrected chi connectivity index (χ2v) is 6.26. The number of carbonyl (C=O) groups is 1. The lowest BCUT2D eigenvalue weighted by molar-refractivity contribution is -0.128. The molecule has 120 valence electrons. The van der Waals surface area contributed by atoms with E-state index >= 15 is 0 Å². The van der Waals surface area contributed by atoms with E-state index in [9.17, 15) is 4.79 Å². The molecule has 0 aromatic heterocycles. The van der Waals surface area contributed by atoms with Gasteiger partial charge in [-0.25, -0.2) is 0 Å². The highest BCUT2D eigenvalue weighted by Gasteiger charge is 2.29. The third kappa shape index (κ3) is 4.23. The van der Waals surface area contributed by atoms with Gasteiger partial charge in [0.05, 0.1) is 0 Å². The molecule has 0 saturated carbocycles. The Hall–Kier alpha value is -2.04. The van der Waals surface area contributed by atoms with Crippen molar-refractivity contribution in [1.82, 2.24) is 14.7 Å². The summed E-state index contributed by atoms with van der Waals surface area (Å²) in [6.07, 6.45) is 0.602. The molecule has 5 nitrogen and oxygen atoms in total. The third-order valence-corrected chi connectivity index (χ3v) is 3.80. The Morgan fingerprint density at radius 1 is 1.18 bits per heavy atom. The van der Waals surface area contributed by atoms with Crippen molar-refractivity contribution in [2.45, 2.75) is 13.0 Å². The van der Waals surface area contributed by atoms with Crippen LogP contribution >= 0.6 is 0 Å². The first-order chi connectivity index (χ1) is 10.5. The number of likely N-dealkylation sites (tertiary alicyclic amines) is 1. The van der Waals surface area contributed by atoms with E-state index in [1.807, 2.05) is 61.1 Å². The molecule has 5 heteroatoms. The zero-order valence-corrected chi connectivity index (χ0v) is 14.0. The summed E-state index contributed by atoms with van der Waals surface area (Å²) in [5.41, 5.74) is 1.18. The third-order valence-electron chi connectivity index (χ3n) is 3.80. The van der Waals surface area contributed by atoms with E-state index in [2.05, 4.69) is 17.1 Å². The average Bonchev–Trinajstić information content (AvgIpc) is 2.79. The molecule has 1 aliphatic rings. The van der Waals surface area contributed by atoms with Crippen LogP contribution in [0.5, 0.6) is 0 Å². The minimum Gasteiger partial charge on any atom is -0.349 e. The van der Waals surface area contributed by atoms with Gasteiger partial charge in [-0.2, -0.15) is 0 Å². The standard InChI is InChI=1S/C17H26N4O/c1-19(2)17(20(3)4)18-11-15-10-16(22)21(13-15)12-14-8-6-5-7-9-14/h5-9,15H,10-13H2,1-4H3. The molecule has 1 unspecified atom stereocenters. The summed E-state index contributed by atoms with van der Waals surface area (Å²) in [4.78, 5) is 22.8. The molecule has 1 aromatic carbocycles. The molecule has 1 saturated heterocycles. The van der Waals surface area contributed by atoms with Crippen molar-refractivity contribution in [3.63, 3.8) is 0 Å². The zero-order chi connectivity index (χ0) is 16.1. The minimum atomic E-state index is 0.236. The Labute approximate surface area is 133 Å². The van der Waals surface area contributed by atoms with Crippen LogP contribution in [0.15, 0.2) is 35.3 Å². The molecule has 2 rings (SSSR count). The summed E-state index contributed by atoms with van der Waals surface area (Å²) in [6, 6.07) is 10.1. The first kappa shape index (κ1) is 16.3. The predicted octanol–water partition coefficient (Wildman–Crippen LogP) is 1.51. The van der Waals surface area contributed by atoms with Crippen molar-refractivity contribution in [3.8, 4) is 0 Å². The monoisotopic (exact) mass is 302 g/mol. The van der Waals surface area contributed by atoms with E-state index in [1.165, 1.54) is 5.56 Å². The molecule has 1 aromatic rings. The van der Waals surface area contributed by atoms with Gasteiger partial charge in [-0.15, -0.1) is 0 Å². The number of hydrogen-bond donors (Lipinski definition) is 0. The lowest BCUT2D eigenvalue weighted by Crippen LogP contribution is -2.36. The van der Waals surface area contributed by atoms with Gasteiger partial charge in [0, 0.05) is 60.2 Å². The number of carbonyl (C=O) groups excluding carboxylic acids is 1. The van der Waals surface area contributed by atoms with E-state index in [0.717, 1.165) is 12.5 Å². The molecule has 0 radical (unpaired) electrons. The smallest absolute Gasteiger partial charge is 0.223 e. The molecule has 1 atom stereocenters. The maximum atomic E-state index is 12.2. The Morgan fingerprint density at radius 3 is 2.41 bits per heavy atom. The lowest BCUT2D eigenvalue weighted by atomic mass is 10.1.